The van der Waals surface area contributed by atoms with Gasteiger partial charge in [0, 0.05) is 0 Å². The molecule has 0 fully saturated rings. The highest BCUT2D eigenvalue weighted by Crippen LogP contribution is 2.18. The van der Waals surface area contributed by atoms with Crippen LogP contribution < -0.4 is 11.1 Å². The molecule has 15 heavy (non-hydrogen) atoms. The Morgan fingerprint density at radius 3 is 2.40 bits per heavy atom. The maximum Gasteiger partial charge on any atom is 0.261 e. The van der Waals surface area contributed by atoms with Crippen molar-refractivity contribution in [1.29, 1.82) is 0 Å². The minimum absolute atomic E-state index is 0.0594. The summed E-state index contributed by atoms with van der Waals surface area (Å²) < 4.78 is 25.4. The van der Waals surface area contributed by atoms with Crippen LogP contribution in [0.5, 0.6) is 0 Å². The van der Waals surface area contributed by atoms with E-state index in [0.29, 0.717) is 0 Å². The lowest BCUT2D eigenvalue weighted by Gasteiger charge is -2.30. The summed E-state index contributed by atoms with van der Waals surface area (Å²) in [6.07, 6.45) is -2.56. The van der Waals surface area contributed by atoms with Crippen LogP contribution in [0.2, 0.25) is 0 Å². The third-order valence-corrected chi connectivity index (χ3v) is 2.03. The van der Waals surface area contributed by atoms with Crippen LogP contribution in [0.1, 0.15) is 13.3 Å². The topological polar surface area (TPSA) is 58.4 Å². The molecule has 1 amide bonds. The second-order valence-electron chi connectivity index (χ2n) is 4.04. The normalized spacial score (nSPS) is 15.5. The van der Waals surface area contributed by atoms with Gasteiger partial charge in [-0.05, 0) is 34.0 Å². The summed E-state index contributed by atoms with van der Waals surface area (Å²) in [7, 11) is 3.39. The van der Waals surface area contributed by atoms with Crippen molar-refractivity contribution in [3.05, 3.63) is 0 Å². The zero-order valence-corrected chi connectivity index (χ0v) is 9.39. The van der Waals surface area contributed by atoms with E-state index in [4.69, 9.17) is 5.73 Å². The maximum absolute atomic E-state index is 12.7. The van der Waals surface area contributed by atoms with Crippen LogP contribution in [-0.4, -0.2) is 50.0 Å². The molecule has 0 aliphatic rings. The Balaban J connectivity index is 4.34. The van der Waals surface area contributed by atoms with Crippen molar-refractivity contribution in [2.45, 2.75) is 25.3 Å². The van der Waals surface area contributed by atoms with Gasteiger partial charge in [-0.3, -0.25) is 4.79 Å². The van der Waals surface area contributed by atoms with Crippen LogP contribution in [0.4, 0.5) is 8.78 Å². The summed E-state index contributed by atoms with van der Waals surface area (Å²) in [5.41, 5.74) is 3.71. The SMILES string of the molecule is CN(C)CC(=O)NC(C)(CCN)C(F)F. The van der Waals surface area contributed by atoms with Crippen LogP contribution in [0, 0.1) is 0 Å². The fraction of sp³-hybridized carbons (Fsp3) is 0.889. The van der Waals surface area contributed by atoms with E-state index in [9.17, 15) is 13.6 Å². The van der Waals surface area contributed by atoms with E-state index in [-0.39, 0.29) is 19.5 Å². The molecule has 0 aliphatic heterocycles. The average Bonchev–Trinajstić information content (AvgIpc) is 2.01. The maximum atomic E-state index is 12.7. The second-order valence-corrected chi connectivity index (χ2v) is 4.04. The molecule has 0 radical (unpaired) electrons. The van der Waals surface area contributed by atoms with Crippen molar-refractivity contribution in [2.24, 2.45) is 5.73 Å². The molecule has 1 atom stereocenters. The molecular weight excluding hydrogens is 204 g/mol. The van der Waals surface area contributed by atoms with Crippen LogP contribution >= 0.6 is 0 Å². The Bertz CT molecular complexity index is 212. The summed E-state index contributed by atoms with van der Waals surface area (Å²) in [6.45, 7) is 1.51. The summed E-state index contributed by atoms with van der Waals surface area (Å²) in [6, 6.07) is 0. The molecule has 0 aromatic carbocycles. The monoisotopic (exact) mass is 223 g/mol. The second kappa shape index (κ2) is 5.97. The molecule has 0 saturated carbocycles. The van der Waals surface area contributed by atoms with E-state index in [1.54, 1.807) is 19.0 Å². The number of amides is 1. The number of likely N-dealkylation sites (N-methyl/N-ethyl adjacent to an activating group) is 1. The molecule has 0 aliphatic carbocycles. The number of carbonyl (C=O) groups is 1. The fourth-order valence-electron chi connectivity index (χ4n) is 1.17. The third kappa shape index (κ3) is 5.03. The molecule has 0 spiro atoms. The number of alkyl halides is 2. The minimum atomic E-state index is -2.62. The molecule has 0 aromatic heterocycles. The van der Waals surface area contributed by atoms with Crippen LogP contribution in [0.3, 0.4) is 0 Å². The first kappa shape index (κ1) is 14.2. The van der Waals surface area contributed by atoms with E-state index < -0.39 is 17.9 Å². The van der Waals surface area contributed by atoms with Gasteiger partial charge in [0.1, 0.15) is 0 Å². The third-order valence-electron chi connectivity index (χ3n) is 2.03. The lowest BCUT2D eigenvalue weighted by Crippen LogP contribution is -2.54. The van der Waals surface area contributed by atoms with Gasteiger partial charge in [0.2, 0.25) is 5.91 Å². The van der Waals surface area contributed by atoms with E-state index in [1.165, 1.54) is 6.92 Å². The quantitative estimate of drug-likeness (QED) is 0.668. The van der Waals surface area contributed by atoms with Crippen molar-refractivity contribution < 1.29 is 13.6 Å². The van der Waals surface area contributed by atoms with Crippen molar-refractivity contribution in [3.63, 3.8) is 0 Å². The van der Waals surface area contributed by atoms with Crippen molar-refractivity contribution in [2.75, 3.05) is 27.2 Å². The number of nitrogens with two attached hydrogens (primary N) is 1. The number of nitrogens with one attached hydrogen (secondary N) is 1. The number of rotatable bonds is 6. The average molecular weight is 223 g/mol. The first-order valence-electron chi connectivity index (χ1n) is 4.76. The first-order valence-corrected chi connectivity index (χ1v) is 4.76. The number of halogens is 2. The predicted octanol–water partition coefficient (Wildman–Crippen LogP) is 0.0368. The van der Waals surface area contributed by atoms with Gasteiger partial charge in [-0.2, -0.15) is 0 Å². The van der Waals surface area contributed by atoms with Gasteiger partial charge in [-0.15, -0.1) is 0 Å². The van der Waals surface area contributed by atoms with Gasteiger partial charge in [-0.25, -0.2) is 8.78 Å². The highest BCUT2D eigenvalue weighted by atomic mass is 19.3. The summed E-state index contributed by atoms with van der Waals surface area (Å²) in [5.74, 6) is -0.420. The van der Waals surface area contributed by atoms with Gasteiger partial charge in [0.25, 0.3) is 6.43 Å². The number of carbonyl (C=O) groups excluding carboxylic acids is 1. The Kier molecular flexibility index (Phi) is 5.67. The Morgan fingerprint density at radius 2 is 2.07 bits per heavy atom. The van der Waals surface area contributed by atoms with Gasteiger partial charge in [0.05, 0.1) is 12.1 Å². The zero-order valence-electron chi connectivity index (χ0n) is 9.39. The first-order chi connectivity index (χ1) is 6.81. The molecule has 1 unspecified atom stereocenters. The molecular formula is C9H19F2N3O. The van der Waals surface area contributed by atoms with Gasteiger partial charge in [-0.1, -0.05) is 0 Å². The lowest BCUT2D eigenvalue weighted by molar-refractivity contribution is -0.125. The van der Waals surface area contributed by atoms with E-state index >= 15 is 0 Å². The molecule has 0 heterocycles. The molecule has 0 rings (SSSR count). The van der Waals surface area contributed by atoms with Gasteiger partial charge in [0.15, 0.2) is 0 Å². The number of nitrogens with zero attached hydrogens (tertiary/aromatic N) is 1. The summed E-state index contributed by atoms with van der Waals surface area (Å²) in [5, 5.41) is 2.31. The minimum Gasteiger partial charge on any atom is -0.344 e. The molecule has 3 N–H and O–H groups in total. The molecule has 4 nitrogen and oxygen atoms in total. The Labute approximate surface area is 88.8 Å². The summed E-state index contributed by atoms with van der Waals surface area (Å²) in [4.78, 5) is 12.9. The van der Waals surface area contributed by atoms with E-state index in [0.717, 1.165) is 0 Å². The molecule has 6 heteroatoms. The van der Waals surface area contributed by atoms with Crippen molar-refractivity contribution in [1.82, 2.24) is 10.2 Å². The number of hydrogen-bond acceptors (Lipinski definition) is 3. The van der Waals surface area contributed by atoms with Crippen molar-refractivity contribution in [3.8, 4) is 0 Å². The fourth-order valence-corrected chi connectivity index (χ4v) is 1.17. The number of hydrogen-bond donors (Lipinski definition) is 2. The summed E-state index contributed by atoms with van der Waals surface area (Å²) >= 11 is 0. The predicted molar refractivity (Wildman–Crippen MR) is 54.8 cm³/mol. The van der Waals surface area contributed by atoms with Crippen molar-refractivity contribution >= 4 is 5.91 Å². The van der Waals surface area contributed by atoms with Crippen LogP contribution in [0.25, 0.3) is 0 Å². The highest BCUT2D eigenvalue weighted by molar-refractivity contribution is 5.78. The van der Waals surface area contributed by atoms with E-state index in [1.807, 2.05) is 0 Å². The molecule has 90 valence electrons. The highest BCUT2D eigenvalue weighted by Gasteiger charge is 2.35. The molecule has 0 bridgehead atoms. The standard InChI is InChI=1S/C9H19F2N3O/c1-9(4-5-12,8(10)11)13-7(15)6-14(2)3/h8H,4-6,12H2,1-3H3,(H,13,15). The van der Waals surface area contributed by atoms with E-state index in [2.05, 4.69) is 5.32 Å². The molecule has 0 saturated heterocycles. The molecule has 0 aromatic rings. The zero-order chi connectivity index (χ0) is 12.1. The largest absolute Gasteiger partial charge is 0.344 e. The lowest BCUT2D eigenvalue weighted by atomic mass is 9.98. The Hall–Kier alpha value is -0.750. The smallest absolute Gasteiger partial charge is 0.261 e. The van der Waals surface area contributed by atoms with Gasteiger partial charge >= 0.3 is 0 Å². The van der Waals surface area contributed by atoms with Gasteiger partial charge < -0.3 is 16.0 Å². The van der Waals surface area contributed by atoms with Crippen LogP contribution in [0.15, 0.2) is 0 Å². The Morgan fingerprint density at radius 1 is 1.53 bits per heavy atom. The van der Waals surface area contributed by atoms with Crippen LogP contribution in [-0.2, 0) is 4.79 Å².